The van der Waals surface area contributed by atoms with Crippen LogP contribution in [0.3, 0.4) is 0 Å². The summed E-state index contributed by atoms with van der Waals surface area (Å²) in [5.41, 5.74) is 0.934. The number of rotatable bonds is 3. The average molecular weight is 240 g/mol. The van der Waals surface area contributed by atoms with Crippen molar-refractivity contribution in [3.63, 3.8) is 0 Å². The van der Waals surface area contributed by atoms with Gasteiger partial charge in [0, 0.05) is 18.7 Å². The number of halogens is 1. The molecule has 1 aliphatic rings. The van der Waals surface area contributed by atoms with Gasteiger partial charge in [0.2, 0.25) is 0 Å². The molecular formula is C13H18ClNO. The SMILES string of the molecule is CCC1CCN(Cc2cccc(Cl)c2O)C1. The van der Waals surface area contributed by atoms with E-state index in [1.807, 2.05) is 12.1 Å². The van der Waals surface area contributed by atoms with Crippen molar-refractivity contribution < 1.29 is 5.11 Å². The number of hydrogen-bond donors (Lipinski definition) is 1. The Hall–Kier alpha value is -0.730. The van der Waals surface area contributed by atoms with E-state index in [2.05, 4.69) is 11.8 Å². The lowest BCUT2D eigenvalue weighted by atomic mass is 10.1. The summed E-state index contributed by atoms with van der Waals surface area (Å²) in [6, 6.07) is 5.56. The average Bonchev–Trinajstić information content (AvgIpc) is 2.73. The zero-order chi connectivity index (χ0) is 11.5. The van der Waals surface area contributed by atoms with Crippen molar-refractivity contribution >= 4 is 11.6 Å². The molecule has 16 heavy (non-hydrogen) atoms. The van der Waals surface area contributed by atoms with Crippen LogP contribution in [0.4, 0.5) is 0 Å². The zero-order valence-corrected chi connectivity index (χ0v) is 10.4. The molecule has 1 fully saturated rings. The minimum Gasteiger partial charge on any atom is -0.506 e. The molecule has 88 valence electrons. The van der Waals surface area contributed by atoms with Gasteiger partial charge in [-0.25, -0.2) is 0 Å². The van der Waals surface area contributed by atoms with Crippen molar-refractivity contribution in [1.29, 1.82) is 0 Å². The number of nitrogens with zero attached hydrogens (tertiary/aromatic N) is 1. The third-order valence-electron chi connectivity index (χ3n) is 3.41. The second-order valence-corrected chi connectivity index (χ2v) is 4.95. The van der Waals surface area contributed by atoms with Gasteiger partial charge in [-0.15, -0.1) is 0 Å². The monoisotopic (exact) mass is 239 g/mol. The smallest absolute Gasteiger partial charge is 0.138 e. The summed E-state index contributed by atoms with van der Waals surface area (Å²) in [5.74, 6) is 1.06. The molecule has 2 rings (SSSR count). The molecule has 0 bridgehead atoms. The van der Waals surface area contributed by atoms with Crippen LogP contribution in [0.15, 0.2) is 18.2 Å². The number of para-hydroxylation sites is 1. The van der Waals surface area contributed by atoms with Crippen LogP contribution in [-0.2, 0) is 6.54 Å². The van der Waals surface area contributed by atoms with Gasteiger partial charge in [-0.05, 0) is 24.9 Å². The first-order valence-electron chi connectivity index (χ1n) is 5.89. The Morgan fingerprint density at radius 2 is 2.31 bits per heavy atom. The van der Waals surface area contributed by atoms with E-state index in [-0.39, 0.29) is 5.75 Å². The predicted molar refractivity (Wildman–Crippen MR) is 66.8 cm³/mol. The largest absolute Gasteiger partial charge is 0.506 e. The number of benzene rings is 1. The molecule has 0 saturated carbocycles. The van der Waals surface area contributed by atoms with Gasteiger partial charge in [0.05, 0.1) is 5.02 Å². The van der Waals surface area contributed by atoms with Crippen molar-refractivity contribution in [3.8, 4) is 5.75 Å². The topological polar surface area (TPSA) is 23.5 Å². The number of phenols is 1. The quantitative estimate of drug-likeness (QED) is 0.875. The van der Waals surface area contributed by atoms with E-state index >= 15 is 0 Å². The van der Waals surface area contributed by atoms with Gasteiger partial charge < -0.3 is 5.11 Å². The van der Waals surface area contributed by atoms with Crippen LogP contribution in [0.1, 0.15) is 25.3 Å². The molecular weight excluding hydrogens is 222 g/mol. The van der Waals surface area contributed by atoms with Crippen molar-refractivity contribution in [3.05, 3.63) is 28.8 Å². The number of likely N-dealkylation sites (tertiary alicyclic amines) is 1. The third kappa shape index (κ3) is 2.50. The first-order chi connectivity index (χ1) is 7.70. The fourth-order valence-corrected chi connectivity index (χ4v) is 2.51. The molecule has 1 aromatic carbocycles. The first-order valence-corrected chi connectivity index (χ1v) is 6.27. The Labute approximate surface area is 102 Å². The number of aromatic hydroxyl groups is 1. The summed E-state index contributed by atoms with van der Waals surface area (Å²) >= 11 is 5.89. The van der Waals surface area contributed by atoms with Crippen LogP contribution in [-0.4, -0.2) is 23.1 Å². The fourth-order valence-electron chi connectivity index (χ4n) is 2.32. The number of phenolic OH excluding ortho intramolecular Hbond substituents is 1. The maximum Gasteiger partial charge on any atom is 0.138 e. The highest BCUT2D eigenvalue weighted by Gasteiger charge is 2.21. The zero-order valence-electron chi connectivity index (χ0n) is 9.62. The van der Waals surface area contributed by atoms with Crippen LogP contribution in [0.25, 0.3) is 0 Å². The van der Waals surface area contributed by atoms with Gasteiger partial charge in [-0.2, -0.15) is 0 Å². The van der Waals surface area contributed by atoms with Crippen molar-refractivity contribution in [2.45, 2.75) is 26.3 Å². The Morgan fingerprint density at radius 3 is 3.00 bits per heavy atom. The summed E-state index contributed by atoms with van der Waals surface area (Å²) in [6.45, 7) is 5.32. The molecule has 1 aliphatic heterocycles. The lowest BCUT2D eigenvalue weighted by Crippen LogP contribution is -2.20. The van der Waals surface area contributed by atoms with Gasteiger partial charge in [-0.3, -0.25) is 4.90 Å². The molecule has 1 unspecified atom stereocenters. The summed E-state index contributed by atoms with van der Waals surface area (Å²) in [4.78, 5) is 2.39. The second kappa shape index (κ2) is 5.07. The molecule has 0 amide bonds. The van der Waals surface area contributed by atoms with E-state index in [0.29, 0.717) is 5.02 Å². The minimum atomic E-state index is 0.240. The molecule has 1 aromatic rings. The molecule has 1 heterocycles. The van der Waals surface area contributed by atoms with Crippen LogP contribution in [0, 0.1) is 5.92 Å². The van der Waals surface area contributed by atoms with E-state index in [9.17, 15) is 5.11 Å². The summed E-state index contributed by atoms with van der Waals surface area (Å²) < 4.78 is 0. The molecule has 2 nitrogen and oxygen atoms in total. The minimum absolute atomic E-state index is 0.240. The van der Waals surface area contributed by atoms with Crippen molar-refractivity contribution in [1.82, 2.24) is 4.90 Å². The Morgan fingerprint density at radius 1 is 1.50 bits per heavy atom. The molecule has 0 aromatic heterocycles. The van der Waals surface area contributed by atoms with E-state index in [4.69, 9.17) is 11.6 Å². The van der Waals surface area contributed by atoms with Gasteiger partial charge in [-0.1, -0.05) is 37.1 Å². The number of hydrogen-bond acceptors (Lipinski definition) is 2. The maximum absolute atomic E-state index is 9.82. The van der Waals surface area contributed by atoms with Crippen molar-refractivity contribution in [2.75, 3.05) is 13.1 Å². The molecule has 0 radical (unpaired) electrons. The van der Waals surface area contributed by atoms with E-state index in [1.165, 1.54) is 12.8 Å². The van der Waals surface area contributed by atoms with Crippen LogP contribution in [0.5, 0.6) is 5.75 Å². The molecule has 0 spiro atoms. The fraction of sp³-hybridized carbons (Fsp3) is 0.538. The second-order valence-electron chi connectivity index (χ2n) is 4.55. The maximum atomic E-state index is 9.82. The summed E-state index contributed by atoms with van der Waals surface area (Å²) in [5, 5.41) is 10.3. The first kappa shape index (κ1) is 11.7. The van der Waals surface area contributed by atoms with Gasteiger partial charge in [0.1, 0.15) is 5.75 Å². The van der Waals surface area contributed by atoms with Gasteiger partial charge in [0.15, 0.2) is 0 Å². The van der Waals surface area contributed by atoms with Gasteiger partial charge in [0.25, 0.3) is 0 Å². The Bertz CT molecular complexity index is 367. The van der Waals surface area contributed by atoms with Crippen molar-refractivity contribution in [2.24, 2.45) is 5.92 Å². The highest BCUT2D eigenvalue weighted by Crippen LogP contribution is 2.29. The standard InChI is InChI=1S/C13H18ClNO/c1-2-10-6-7-15(8-10)9-11-4-3-5-12(14)13(11)16/h3-5,10,16H,2,6-9H2,1H3. The lowest BCUT2D eigenvalue weighted by Gasteiger charge is -2.16. The van der Waals surface area contributed by atoms with Crippen LogP contribution < -0.4 is 0 Å². The van der Waals surface area contributed by atoms with E-state index in [0.717, 1.165) is 31.1 Å². The summed E-state index contributed by atoms with van der Waals surface area (Å²) in [6.07, 6.45) is 2.52. The van der Waals surface area contributed by atoms with Crippen LogP contribution in [0.2, 0.25) is 5.02 Å². The third-order valence-corrected chi connectivity index (χ3v) is 3.72. The Balaban J connectivity index is 2.02. The molecule has 1 N–H and O–H groups in total. The molecule has 3 heteroatoms. The highest BCUT2D eigenvalue weighted by molar-refractivity contribution is 6.32. The predicted octanol–water partition coefficient (Wildman–Crippen LogP) is 3.28. The van der Waals surface area contributed by atoms with E-state index < -0.39 is 0 Å². The van der Waals surface area contributed by atoms with Crippen LogP contribution >= 0.6 is 11.6 Å². The normalized spacial score (nSPS) is 21.5. The molecule has 0 aliphatic carbocycles. The molecule has 1 atom stereocenters. The Kier molecular flexibility index (Phi) is 3.72. The highest BCUT2D eigenvalue weighted by atomic mass is 35.5. The summed E-state index contributed by atoms with van der Waals surface area (Å²) in [7, 11) is 0. The van der Waals surface area contributed by atoms with E-state index in [1.54, 1.807) is 6.07 Å². The lowest BCUT2D eigenvalue weighted by molar-refractivity contribution is 0.309. The van der Waals surface area contributed by atoms with Gasteiger partial charge >= 0.3 is 0 Å². The molecule has 1 saturated heterocycles.